The van der Waals surface area contributed by atoms with Gasteiger partial charge in [0.05, 0.1) is 14.2 Å². The van der Waals surface area contributed by atoms with Crippen molar-refractivity contribution in [3.05, 3.63) is 36.4 Å². The Labute approximate surface area is 120 Å². The van der Waals surface area contributed by atoms with Crippen LogP contribution in [0.15, 0.2) is 36.4 Å². The summed E-state index contributed by atoms with van der Waals surface area (Å²) in [5, 5.41) is 3.43. The van der Waals surface area contributed by atoms with Gasteiger partial charge in [-0.1, -0.05) is 35.2 Å². The third-order valence-electron chi connectivity index (χ3n) is 3.61. The normalized spacial score (nSPS) is 10.9. The molecule has 0 heterocycles. The molecule has 0 atom stereocenters. The van der Waals surface area contributed by atoms with Gasteiger partial charge in [-0.2, -0.15) is 0 Å². The standard InChI is InChI=1S/C16H12B2O2/c1-19-11-7-3-5-9-13(11)16(18)14-10(15(9)17)6-4-8-12(14)20-2/h3-8H,1-2H3. The van der Waals surface area contributed by atoms with Crippen molar-refractivity contribution in [2.24, 2.45) is 0 Å². The van der Waals surface area contributed by atoms with Gasteiger partial charge in [-0.25, -0.2) is 0 Å². The van der Waals surface area contributed by atoms with E-state index in [0.717, 1.165) is 21.5 Å². The number of hydrogen-bond donors (Lipinski definition) is 0. The molecule has 0 saturated heterocycles. The summed E-state index contributed by atoms with van der Waals surface area (Å²) in [6, 6.07) is 11.5. The molecule has 3 rings (SSSR count). The summed E-state index contributed by atoms with van der Waals surface area (Å²) in [6.45, 7) is 0. The van der Waals surface area contributed by atoms with Crippen LogP contribution in [0.2, 0.25) is 0 Å². The molecule has 94 valence electrons. The summed E-state index contributed by atoms with van der Waals surface area (Å²) in [5.74, 6) is 1.42. The van der Waals surface area contributed by atoms with E-state index in [1.54, 1.807) is 14.2 Å². The van der Waals surface area contributed by atoms with Gasteiger partial charge in [0, 0.05) is 10.8 Å². The lowest BCUT2D eigenvalue weighted by Gasteiger charge is -2.17. The summed E-state index contributed by atoms with van der Waals surface area (Å²) < 4.78 is 10.8. The average molecular weight is 258 g/mol. The Morgan fingerprint density at radius 3 is 1.55 bits per heavy atom. The van der Waals surface area contributed by atoms with E-state index in [1.165, 1.54) is 0 Å². The van der Waals surface area contributed by atoms with E-state index < -0.39 is 0 Å². The van der Waals surface area contributed by atoms with E-state index in [-0.39, 0.29) is 0 Å². The molecule has 0 aromatic heterocycles. The Bertz CT molecular complexity index is 748. The number of rotatable bonds is 2. The maximum atomic E-state index is 6.36. The van der Waals surface area contributed by atoms with Crippen LogP contribution in [-0.4, -0.2) is 29.9 Å². The first kappa shape index (κ1) is 12.9. The largest absolute Gasteiger partial charge is 0.496 e. The Morgan fingerprint density at radius 1 is 0.700 bits per heavy atom. The Kier molecular flexibility index (Phi) is 3.09. The highest BCUT2D eigenvalue weighted by Gasteiger charge is 2.14. The highest BCUT2D eigenvalue weighted by molar-refractivity contribution is 6.54. The fourth-order valence-corrected chi connectivity index (χ4v) is 2.68. The maximum Gasteiger partial charge on any atom is 0.126 e. The molecule has 0 unspecified atom stereocenters. The Morgan fingerprint density at radius 2 is 1.15 bits per heavy atom. The Balaban J connectivity index is 2.62. The number of methoxy groups -OCH3 is 2. The monoisotopic (exact) mass is 258 g/mol. The van der Waals surface area contributed by atoms with Crippen LogP contribution in [0.25, 0.3) is 21.5 Å². The van der Waals surface area contributed by atoms with E-state index in [9.17, 15) is 0 Å². The van der Waals surface area contributed by atoms with Gasteiger partial charge in [0.1, 0.15) is 27.2 Å². The van der Waals surface area contributed by atoms with E-state index >= 15 is 0 Å². The fourth-order valence-electron chi connectivity index (χ4n) is 2.68. The summed E-state index contributed by atoms with van der Waals surface area (Å²) >= 11 is 0. The molecule has 0 aliphatic rings. The van der Waals surface area contributed by atoms with Crippen molar-refractivity contribution in [2.45, 2.75) is 0 Å². The van der Waals surface area contributed by atoms with Crippen molar-refractivity contribution in [2.75, 3.05) is 14.2 Å². The smallest absolute Gasteiger partial charge is 0.126 e. The molecule has 3 aromatic carbocycles. The minimum atomic E-state index is 0.624. The van der Waals surface area contributed by atoms with Crippen molar-refractivity contribution < 1.29 is 9.47 Å². The molecule has 0 fully saturated rings. The van der Waals surface area contributed by atoms with Gasteiger partial charge in [-0.05, 0) is 22.9 Å². The van der Waals surface area contributed by atoms with Crippen molar-refractivity contribution >= 4 is 48.2 Å². The molecule has 20 heavy (non-hydrogen) atoms. The van der Waals surface area contributed by atoms with E-state index in [0.29, 0.717) is 22.4 Å². The van der Waals surface area contributed by atoms with E-state index in [2.05, 4.69) is 0 Å². The van der Waals surface area contributed by atoms with Crippen LogP contribution >= 0.6 is 0 Å². The fraction of sp³-hybridized carbons (Fsp3) is 0.125. The Hall–Kier alpha value is -2.09. The average Bonchev–Trinajstić information content (AvgIpc) is 2.50. The molecule has 0 N–H and O–H groups in total. The van der Waals surface area contributed by atoms with Crippen LogP contribution in [0.3, 0.4) is 0 Å². The quantitative estimate of drug-likeness (QED) is 0.513. The van der Waals surface area contributed by atoms with Crippen LogP contribution in [0, 0.1) is 0 Å². The number of ether oxygens (including phenoxy) is 2. The van der Waals surface area contributed by atoms with E-state index in [4.69, 9.17) is 25.2 Å². The van der Waals surface area contributed by atoms with Crippen LogP contribution in [0.4, 0.5) is 0 Å². The first-order valence-corrected chi connectivity index (χ1v) is 6.29. The molecule has 0 aliphatic heterocycles. The van der Waals surface area contributed by atoms with Crippen LogP contribution < -0.4 is 20.4 Å². The molecule has 3 aromatic rings. The predicted molar refractivity (Wildman–Crippen MR) is 85.3 cm³/mol. The lowest BCUT2D eigenvalue weighted by atomic mass is 9.77. The summed E-state index contributed by atoms with van der Waals surface area (Å²) in [6.07, 6.45) is 0. The van der Waals surface area contributed by atoms with Crippen LogP contribution in [0.1, 0.15) is 0 Å². The first-order valence-electron chi connectivity index (χ1n) is 6.29. The third kappa shape index (κ3) is 1.68. The van der Waals surface area contributed by atoms with Gasteiger partial charge in [0.15, 0.2) is 0 Å². The van der Waals surface area contributed by atoms with Crippen LogP contribution in [-0.2, 0) is 0 Å². The lowest BCUT2D eigenvalue weighted by Crippen LogP contribution is -2.17. The molecule has 4 radical (unpaired) electrons. The van der Waals surface area contributed by atoms with Crippen molar-refractivity contribution in [3.8, 4) is 11.5 Å². The summed E-state index contributed by atoms with van der Waals surface area (Å²) in [5.41, 5.74) is 1.31. The predicted octanol–water partition coefficient (Wildman–Crippen LogP) is 1.60. The number of hydrogen-bond acceptors (Lipinski definition) is 2. The molecule has 0 amide bonds. The molecule has 0 aliphatic carbocycles. The first-order chi connectivity index (χ1) is 9.69. The summed E-state index contributed by atoms with van der Waals surface area (Å²) in [4.78, 5) is 0. The lowest BCUT2D eigenvalue weighted by molar-refractivity contribution is 0.419. The highest BCUT2D eigenvalue weighted by Crippen LogP contribution is 2.30. The molecule has 4 heteroatoms. The zero-order chi connectivity index (χ0) is 14.3. The molecule has 0 bridgehead atoms. The van der Waals surface area contributed by atoms with Gasteiger partial charge in [0.25, 0.3) is 0 Å². The van der Waals surface area contributed by atoms with Gasteiger partial charge in [-0.15, -0.1) is 0 Å². The second kappa shape index (κ2) is 4.78. The zero-order valence-electron chi connectivity index (χ0n) is 11.4. The van der Waals surface area contributed by atoms with Gasteiger partial charge < -0.3 is 9.47 Å². The zero-order valence-corrected chi connectivity index (χ0v) is 11.4. The molecule has 0 spiro atoms. The summed E-state index contributed by atoms with van der Waals surface area (Å²) in [7, 11) is 15.9. The van der Waals surface area contributed by atoms with Gasteiger partial charge >= 0.3 is 0 Å². The molecular weight excluding hydrogens is 246 g/mol. The molecule has 2 nitrogen and oxygen atoms in total. The second-order valence-electron chi connectivity index (χ2n) is 4.59. The SMILES string of the molecule is [B]c1c2cccc(OC)c2c([B])c2c(OC)cccc12. The van der Waals surface area contributed by atoms with Crippen molar-refractivity contribution in [1.29, 1.82) is 0 Å². The number of benzene rings is 3. The maximum absolute atomic E-state index is 6.36. The van der Waals surface area contributed by atoms with Gasteiger partial charge in [0.2, 0.25) is 0 Å². The van der Waals surface area contributed by atoms with Crippen LogP contribution in [0.5, 0.6) is 11.5 Å². The second-order valence-corrected chi connectivity index (χ2v) is 4.59. The van der Waals surface area contributed by atoms with Crippen molar-refractivity contribution in [3.63, 3.8) is 0 Å². The van der Waals surface area contributed by atoms with Crippen molar-refractivity contribution in [1.82, 2.24) is 0 Å². The van der Waals surface area contributed by atoms with E-state index in [1.807, 2.05) is 36.4 Å². The third-order valence-corrected chi connectivity index (χ3v) is 3.61. The molecule has 0 saturated carbocycles. The molecular formula is C16H12B2O2. The highest BCUT2D eigenvalue weighted by atomic mass is 16.5. The minimum Gasteiger partial charge on any atom is -0.496 e. The number of fused-ring (bicyclic) bond motifs is 2. The van der Waals surface area contributed by atoms with Gasteiger partial charge in [-0.3, -0.25) is 0 Å². The topological polar surface area (TPSA) is 18.5 Å². The minimum absolute atomic E-state index is 0.624.